The Hall–Kier alpha value is -2.41. The molecule has 3 aromatic carbocycles. The first kappa shape index (κ1) is 16.4. The maximum atomic E-state index is 11.5. The molecule has 0 fully saturated rings. The predicted octanol–water partition coefficient (Wildman–Crippen LogP) is 4.20. The zero-order chi connectivity index (χ0) is 17.3. The number of phenolic OH excluding ortho intramolecular Hbond substituents is 1. The van der Waals surface area contributed by atoms with Crippen molar-refractivity contribution in [3.05, 3.63) is 65.2 Å². The SMILES string of the molecule is O=S(=O)(O)c1cccc2c(N=Cc3cc(Cl)ccc3O)cccc12. The van der Waals surface area contributed by atoms with Crippen LogP contribution in [0.4, 0.5) is 5.69 Å². The summed E-state index contributed by atoms with van der Waals surface area (Å²) in [4.78, 5) is 4.13. The zero-order valence-corrected chi connectivity index (χ0v) is 13.8. The average Bonchev–Trinajstić information content (AvgIpc) is 2.54. The van der Waals surface area contributed by atoms with Crippen molar-refractivity contribution in [3.8, 4) is 5.75 Å². The summed E-state index contributed by atoms with van der Waals surface area (Å²) in [5.74, 6) is 0.0296. The Labute approximate surface area is 143 Å². The van der Waals surface area contributed by atoms with E-state index in [0.717, 1.165) is 0 Å². The molecule has 0 unspecified atom stereocenters. The number of aromatic hydroxyl groups is 1. The Balaban J connectivity index is 2.14. The lowest BCUT2D eigenvalue weighted by atomic mass is 10.1. The van der Waals surface area contributed by atoms with Crippen molar-refractivity contribution in [2.75, 3.05) is 0 Å². The minimum Gasteiger partial charge on any atom is -0.507 e. The number of rotatable bonds is 3. The van der Waals surface area contributed by atoms with Gasteiger partial charge in [-0.05, 0) is 30.3 Å². The second kappa shape index (κ2) is 6.24. The van der Waals surface area contributed by atoms with E-state index in [4.69, 9.17) is 11.6 Å². The highest BCUT2D eigenvalue weighted by atomic mass is 35.5. The molecule has 0 amide bonds. The first-order valence-electron chi connectivity index (χ1n) is 6.88. The quantitative estimate of drug-likeness (QED) is 0.540. The molecule has 0 spiro atoms. The Bertz CT molecular complexity index is 1060. The van der Waals surface area contributed by atoms with Gasteiger partial charge >= 0.3 is 0 Å². The van der Waals surface area contributed by atoms with Gasteiger partial charge in [-0.3, -0.25) is 9.55 Å². The fourth-order valence-electron chi connectivity index (χ4n) is 2.37. The normalized spacial score (nSPS) is 12.1. The average molecular weight is 362 g/mol. The highest BCUT2D eigenvalue weighted by molar-refractivity contribution is 7.86. The molecule has 3 rings (SSSR count). The molecule has 5 nitrogen and oxygen atoms in total. The van der Waals surface area contributed by atoms with Gasteiger partial charge in [-0.2, -0.15) is 8.42 Å². The van der Waals surface area contributed by atoms with E-state index in [9.17, 15) is 18.1 Å². The van der Waals surface area contributed by atoms with Crippen LogP contribution in [0, 0.1) is 0 Å². The molecule has 0 heterocycles. The summed E-state index contributed by atoms with van der Waals surface area (Å²) < 4.78 is 32.3. The van der Waals surface area contributed by atoms with E-state index in [1.807, 2.05) is 0 Å². The van der Waals surface area contributed by atoms with Gasteiger partial charge in [0.15, 0.2) is 0 Å². The van der Waals surface area contributed by atoms with E-state index in [2.05, 4.69) is 4.99 Å². The maximum absolute atomic E-state index is 11.5. The van der Waals surface area contributed by atoms with Crippen molar-refractivity contribution < 1.29 is 18.1 Å². The number of benzene rings is 3. The van der Waals surface area contributed by atoms with Crippen LogP contribution in [0.3, 0.4) is 0 Å². The van der Waals surface area contributed by atoms with Crippen LogP contribution in [-0.4, -0.2) is 24.3 Å². The second-order valence-corrected chi connectivity index (χ2v) is 6.89. The fourth-order valence-corrected chi connectivity index (χ4v) is 3.26. The van der Waals surface area contributed by atoms with Crippen molar-refractivity contribution >= 4 is 44.4 Å². The van der Waals surface area contributed by atoms with Crippen LogP contribution in [0.1, 0.15) is 5.56 Å². The third-order valence-electron chi connectivity index (χ3n) is 3.47. The number of aliphatic imine (C=N–C) groups is 1. The van der Waals surface area contributed by atoms with E-state index in [-0.39, 0.29) is 10.6 Å². The van der Waals surface area contributed by atoms with Crippen LogP contribution in [0.15, 0.2) is 64.5 Å². The molecule has 0 saturated carbocycles. The van der Waals surface area contributed by atoms with Gasteiger partial charge in [0.25, 0.3) is 10.1 Å². The van der Waals surface area contributed by atoms with Crippen LogP contribution >= 0.6 is 11.6 Å². The minimum absolute atomic E-state index is 0.0296. The molecule has 0 radical (unpaired) electrons. The summed E-state index contributed by atoms with van der Waals surface area (Å²) in [5, 5.41) is 11.2. The molecule has 0 aromatic heterocycles. The monoisotopic (exact) mass is 361 g/mol. The van der Waals surface area contributed by atoms with Crippen LogP contribution in [0.5, 0.6) is 5.75 Å². The molecule has 0 aliphatic carbocycles. The molecule has 0 aliphatic rings. The van der Waals surface area contributed by atoms with Gasteiger partial charge in [0.05, 0.1) is 5.69 Å². The third-order valence-corrected chi connectivity index (χ3v) is 4.62. The highest BCUT2D eigenvalue weighted by Crippen LogP contribution is 2.30. The predicted molar refractivity (Wildman–Crippen MR) is 94.1 cm³/mol. The molecule has 0 saturated heterocycles. The van der Waals surface area contributed by atoms with Gasteiger partial charge in [0, 0.05) is 27.6 Å². The standard InChI is InChI=1S/C17H12ClNO4S/c18-12-7-8-16(20)11(9-12)10-19-15-5-1-4-14-13(15)3-2-6-17(14)24(21,22)23/h1-10,20H,(H,21,22,23). The van der Waals surface area contributed by atoms with Crippen molar-refractivity contribution in [1.82, 2.24) is 0 Å². The minimum atomic E-state index is -4.33. The van der Waals surface area contributed by atoms with Crippen LogP contribution in [0.2, 0.25) is 5.02 Å². The van der Waals surface area contributed by atoms with Gasteiger partial charge in [0.1, 0.15) is 10.6 Å². The molecule has 7 heteroatoms. The topological polar surface area (TPSA) is 87.0 Å². The zero-order valence-electron chi connectivity index (χ0n) is 12.2. The second-order valence-electron chi connectivity index (χ2n) is 5.06. The highest BCUT2D eigenvalue weighted by Gasteiger charge is 2.14. The lowest BCUT2D eigenvalue weighted by Crippen LogP contribution is -1.98. The number of nitrogens with zero attached hydrogens (tertiary/aromatic N) is 1. The number of hydrogen-bond donors (Lipinski definition) is 2. The molecule has 2 N–H and O–H groups in total. The Kier molecular flexibility index (Phi) is 4.28. The third kappa shape index (κ3) is 3.26. The first-order chi connectivity index (χ1) is 11.4. The number of phenols is 1. The van der Waals surface area contributed by atoms with E-state index in [1.165, 1.54) is 24.4 Å². The van der Waals surface area contributed by atoms with Gasteiger partial charge in [-0.1, -0.05) is 35.9 Å². The van der Waals surface area contributed by atoms with E-state index in [1.54, 1.807) is 36.4 Å². The van der Waals surface area contributed by atoms with Gasteiger partial charge < -0.3 is 5.11 Å². The molecule has 0 atom stereocenters. The van der Waals surface area contributed by atoms with Gasteiger partial charge in [-0.15, -0.1) is 0 Å². The van der Waals surface area contributed by atoms with Crippen molar-refractivity contribution in [3.63, 3.8) is 0 Å². The van der Waals surface area contributed by atoms with E-state index < -0.39 is 10.1 Å². The summed E-state index contributed by atoms with van der Waals surface area (Å²) in [7, 11) is -4.33. The molecule has 122 valence electrons. The smallest absolute Gasteiger partial charge is 0.295 e. The van der Waals surface area contributed by atoms with Gasteiger partial charge in [0.2, 0.25) is 0 Å². The Morgan fingerprint density at radius 3 is 2.46 bits per heavy atom. The summed E-state index contributed by atoms with van der Waals surface area (Å²) in [6, 6.07) is 14.1. The maximum Gasteiger partial charge on any atom is 0.295 e. The molecule has 0 aliphatic heterocycles. The molecular weight excluding hydrogens is 350 g/mol. The molecular formula is C17H12ClNO4S. The molecule has 3 aromatic rings. The van der Waals surface area contributed by atoms with Crippen molar-refractivity contribution in [2.45, 2.75) is 4.90 Å². The fraction of sp³-hybridized carbons (Fsp3) is 0. The lowest BCUT2D eigenvalue weighted by Gasteiger charge is -2.06. The van der Waals surface area contributed by atoms with Crippen LogP contribution in [-0.2, 0) is 10.1 Å². The van der Waals surface area contributed by atoms with Crippen LogP contribution in [0.25, 0.3) is 10.8 Å². The Morgan fingerprint density at radius 1 is 1.00 bits per heavy atom. The number of hydrogen-bond acceptors (Lipinski definition) is 4. The van der Waals surface area contributed by atoms with Crippen molar-refractivity contribution in [1.29, 1.82) is 0 Å². The summed E-state index contributed by atoms with van der Waals surface area (Å²) in [6.45, 7) is 0. The lowest BCUT2D eigenvalue weighted by molar-refractivity contribution is 0.474. The largest absolute Gasteiger partial charge is 0.507 e. The van der Waals surface area contributed by atoms with Gasteiger partial charge in [-0.25, -0.2) is 0 Å². The Morgan fingerprint density at radius 2 is 1.71 bits per heavy atom. The number of fused-ring (bicyclic) bond motifs is 1. The molecule has 24 heavy (non-hydrogen) atoms. The molecule has 0 bridgehead atoms. The first-order valence-corrected chi connectivity index (χ1v) is 8.70. The van der Waals surface area contributed by atoms with Crippen molar-refractivity contribution in [2.24, 2.45) is 4.99 Å². The number of halogens is 1. The summed E-state index contributed by atoms with van der Waals surface area (Å²) in [6.07, 6.45) is 1.44. The summed E-state index contributed by atoms with van der Waals surface area (Å²) in [5.41, 5.74) is 0.933. The van der Waals surface area contributed by atoms with E-state index in [0.29, 0.717) is 27.0 Å². The van der Waals surface area contributed by atoms with E-state index >= 15 is 0 Å². The summed E-state index contributed by atoms with van der Waals surface area (Å²) >= 11 is 5.90. The van der Waals surface area contributed by atoms with Crippen LogP contribution < -0.4 is 0 Å².